The number of aromatic nitrogens is 5. The number of hydrogen-bond donors (Lipinski definition) is 2. The monoisotopic (exact) mass is 635 g/mol. The first-order valence-corrected chi connectivity index (χ1v) is 13.6. The molecule has 1 atom stereocenters. The van der Waals surface area contributed by atoms with Gasteiger partial charge in [0.15, 0.2) is 0 Å². The molecule has 1 aliphatic heterocycles. The normalized spacial score (nSPS) is 15.9. The zero-order chi connectivity index (χ0) is 29.3. The third-order valence-corrected chi connectivity index (χ3v) is 7.62. The molecule has 1 aromatic heterocycles. The van der Waals surface area contributed by atoms with E-state index < -0.39 is 29.2 Å². The van der Waals surface area contributed by atoms with Gasteiger partial charge in [-0.1, -0.05) is 53.5 Å². The highest BCUT2D eigenvalue weighted by molar-refractivity contribution is 9.10. The largest absolute Gasteiger partial charge is 0.478 e. The van der Waals surface area contributed by atoms with Crippen LogP contribution in [0.3, 0.4) is 0 Å². The molecule has 0 radical (unpaired) electrons. The molecule has 4 aromatic rings. The van der Waals surface area contributed by atoms with E-state index in [1.165, 1.54) is 40.0 Å². The molecule has 5 rings (SSSR count). The number of anilines is 1. The van der Waals surface area contributed by atoms with Gasteiger partial charge in [-0.25, -0.2) is 4.79 Å². The molecule has 0 fully saturated rings. The topological polar surface area (TPSA) is 143 Å². The number of carbonyl (C=O) groups excluding carboxylic acids is 2. The summed E-state index contributed by atoms with van der Waals surface area (Å²) in [6.07, 6.45) is 2.95. The van der Waals surface area contributed by atoms with Gasteiger partial charge in [-0.2, -0.15) is 0 Å². The number of rotatable bonds is 6. The third-order valence-electron chi connectivity index (χ3n) is 6.73. The van der Waals surface area contributed by atoms with Crippen molar-refractivity contribution in [1.82, 2.24) is 30.5 Å². The first-order valence-electron chi connectivity index (χ1n) is 12.4. The van der Waals surface area contributed by atoms with Gasteiger partial charge in [-0.3, -0.25) is 9.59 Å². The molecule has 1 unspecified atom stereocenters. The molecule has 0 saturated heterocycles. The molecule has 0 saturated carbocycles. The van der Waals surface area contributed by atoms with E-state index in [0.717, 1.165) is 10.0 Å². The Morgan fingerprint density at radius 3 is 2.46 bits per heavy atom. The summed E-state index contributed by atoms with van der Waals surface area (Å²) in [6.45, 7) is 4.27. The van der Waals surface area contributed by atoms with E-state index >= 15 is 0 Å². The van der Waals surface area contributed by atoms with Gasteiger partial charge in [0.2, 0.25) is 5.91 Å². The maximum atomic E-state index is 13.8. The minimum absolute atomic E-state index is 0.0934. The average Bonchev–Trinajstić information content (AvgIpc) is 3.46. The molecule has 41 heavy (non-hydrogen) atoms. The van der Waals surface area contributed by atoms with Crippen molar-refractivity contribution in [2.75, 3.05) is 11.9 Å². The fourth-order valence-electron chi connectivity index (χ4n) is 4.97. The summed E-state index contributed by atoms with van der Waals surface area (Å²) in [5, 5.41) is 27.1. The second-order valence-corrected chi connectivity index (χ2v) is 11.3. The predicted octanol–water partition coefficient (Wildman–Crippen LogP) is 4.68. The maximum Gasteiger partial charge on any atom is 0.335 e. The van der Waals surface area contributed by atoms with Gasteiger partial charge in [0.25, 0.3) is 5.91 Å². The standard InChI is InChI=1S/C28H23BrClN7O4/c1-28(2)15-36(23(38)13-8-17-14-18(30)9-12-22(17)37-34-32-33-35-37)25(20-4-3-5-21(29)24(20)28)26(39)31-19-10-6-16(7-11-19)27(40)41/h3-14,25H,15H2,1-2H3,(H,31,39)(H,40,41)/b13-8+. The number of halogens is 2. The van der Waals surface area contributed by atoms with Gasteiger partial charge in [0.1, 0.15) is 6.04 Å². The number of aromatic carboxylic acids is 1. The molecule has 0 bridgehead atoms. The zero-order valence-corrected chi connectivity index (χ0v) is 24.2. The smallest absolute Gasteiger partial charge is 0.335 e. The first-order chi connectivity index (χ1) is 19.5. The predicted molar refractivity (Wildman–Crippen MR) is 155 cm³/mol. The lowest BCUT2D eigenvalue weighted by Crippen LogP contribution is -2.51. The summed E-state index contributed by atoms with van der Waals surface area (Å²) < 4.78 is 0.837. The molecular weight excluding hydrogens is 614 g/mol. The van der Waals surface area contributed by atoms with Crippen LogP contribution < -0.4 is 5.32 Å². The third kappa shape index (κ3) is 5.74. The van der Waals surface area contributed by atoms with Crippen LogP contribution in [0.2, 0.25) is 5.02 Å². The molecule has 13 heteroatoms. The van der Waals surface area contributed by atoms with Crippen molar-refractivity contribution in [3.05, 3.63) is 98.5 Å². The van der Waals surface area contributed by atoms with Crippen LogP contribution in [0.15, 0.2) is 71.2 Å². The maximum absolute atomic E-state index is 13.8. The molecule has 208 valence electrons. The number of nitrogens with one attached hydrogen (secondary N) is 1. The summed E-state index contributed by atoms with van der Waals surface area (Å²) in [6, 6.07) is 15.4. The lowest BCUT2D eigenvalue weighted by molar-refractivity contribution is -0.136. The SMILES string of the molecule is CC1(C)CN(C(=O)/C=C/c2cc(Cl)ccc2-n2nnnn2)C(C(=O)Nc2ccc(C(=O)O)cc2)c2cccc(Br)c21. The molecule has 11 nitrogen and oxygen atoms in total. The van der Waals surface area contributed by atoms with E-state index in [1.54, 1.807) is 24.3 Å². The lowest BCUT2D eigenvalue weighted by Gasteiger charge is -2.44. The molecule has 2 N–H and O–H groups in total. The van der Waals surface area contributed by atoms with E-state index in [4.69, 9.17) is 11.6 Å². The Labute approximate surface area is 247 Å². The minimum atomic E-state index is -1.07. The van der Waals surface area contributed by atoms with Crippen molar-refractivity contribution in [3.8, 4) is 5.69 Å². The average molecular weight is 637 g/mol. The number of carboxylic acid groups (broad SMARTS) is 1. The van der Waals surface area contributed by atoms with Crippen molar-refractivity contribution in [1.29, 1.82) is 0 Å². The summed E-state index contributed by atoms with van der Waals surface area (Å²) in [5.74, 6) is -1.91. The van der Waals surface area contributed by atoms with Crippen LogP contribution in [-0.2, 0) is 15.0 Å². The molecular formula is C28H23BrClN7O4. The van der Waals surface area contributed by atoms with E-state index in [2.05, 4.69) is 42.1 Å². The van der Waals surface area contributed by atoms with E-state index in [9.17, 15) is 19.5 Å². The van der Waals surface area contributed by atoms with Crippen LogP contribution in [0.4, 0.5) is 5.69 Å². The Balaban J connectivity index is 1.52. The number of amides is 2. The van der Waals surface area contributed by atoms with E-state index in [0.29, 0.717) is 27.5 Å². The van der Waals surface area contributed by atoms with Crippen LogP contribution in [0.5, 0.6) is 0 Å². The number of carbonyl (C=O) groups is 3. The van der Waals surface area contributed by atoms with Gasteiger partial charge < -0.3 is 15.3 Å². The van der Waals surface area contributed by atoms with Crippen molar-refractivity contribution in [2.45, 2.75) is 25.3 Å². The fourth-order valence-corrected chi connectivity index (χ4v) is 6.06. The van der Waals surface area contributed by atoms with Crippen molar-refractivity contribution >= 4 is 57.1 Å². The molecule has 2 amide bonds. The van der Waals surface area contributed by atoms with Crippen LogP contribution in [0.25, 0.3) is 11.8 Å². The van der Waals surface area contributed by atoms with Gasteiger partial charge in [0.05, 0.1) is 11.3 Å². The van der Waals surface area contributed by atoms with Gasteiger partial charge in [-0.15, -0.1) is 4.80 Å². The zero-order valence-electron chi connectivity index (χ0n) is 21.8. The Morgan fingerprint density at radius 2 is 1.78 bits per heavy atom. The quantitative estimate of drug-likeness (QED) is 0.291. The summed E-state index contributed by atoms with van der Waals surface area (Å²) in [4.78, 5) is 41.6. The highest BCUT2D eigenvalue weighted by atomic mass is 79.9. The van der Waals surface area contributed by atoms with Crippen molar-refractivity contribution in [2.24, 2.45) is 0 Å². The second-order valence-electron chi connectivity index (χ2n) is 10.0. The van der Waals surface area contributed by atoms with Crippen molar-refractivity contribution < 1.29 is 19.5 Å². The summed E-state index contributed by atoms with van der Waals surface area (Å²) in [7, 11) is 0. The molecule has 0 aliphatic carbocycles. The molecule has 2 heterocycles. The molecule has 3 aromatic carbocycles. The molecule has 0 spiro atoms. The van der Waals surface area contributed by atoms with Crippen LogP contribution in [-0.4, -0.2) is 60.0 Å². The van der Waals surface area contributed by atoms with Gasteiger partial charge in [-0.05, 0) is 86.6 Å². The van der Waals surface area contributed by atoms with Crippen LogP contribution in [0.1, 0.15) is 46.9 Å². The molecule has 1 aliphatic rings. The number of hydrogen-bond acceptors (Lipinski definition) is 7. The fraction of sp³-hybridized carbons (Fsp3) is 0.179. The van der Waals surface area contributed by atoms with Crippen molar-refractivity contribution in [3.63, 3.8) is 0 Å². The van der Waals surface area contributed by atoms with Gasteiger partial charge >= 0.3 is 5.97 Å². The number of benzene rings is 3. The second kappa shape index (κ2) is 11.2. The Morgan fingerprint density at radius 1 is 1.07 bits per heavy atom. The number of carboxylic acids is 1. The van der Waals surface area contributed by atoms with E-state index in [-0.39, 0.29) is 12.1 Å². The van der Waals surface area contributed by atoms with Crippen LogP contribution >= 0.6 is 27.5 Å². The number of fused-ring (bicyclic) bond motifs is 1. The lowest BCUT2D eigenvalue weighted by atomic mass is 9.75. The highest BCUT2D eigenvalue weighted by Gasteiger charge is 2.43. The van der Waals surface area contributed by atoms with E-state index in [1.807, 2.05) is 32.0 Å². The van der Waals surface area contributed by atoms with Gasteiger partial charge in [0, 0.05) is 38.8 Å². The van der Waals surface area contributed by atoms with Crippen LogP contribution in [0, 0.1) is 0 Å². The first kappa shape index (κ1) is 28.1. The minimum Gasteiger partial charge on any atom is -0.478 e. The summed E-state index contributed by atoms with van der Waals surface area (Å²) >= 11 is 9.85. The number of nitrogens with zero attached hydrogens (tertiary/aromatic N) is 6. The Bertz CT molecular complexity index is 1670. The summed E-state index contributed by atoms with van der Waals surface area (Å²) in [5.41, 5.74) is 2.67. The Hall–Kier alpha value is -4.42. The highest BCUT2D eigenvalue weighted by Crippen LogP contribution is 2.43. The Kier molecular flexibility index (Phi) is 7.70.